The average molecular weight is 375 g/mol. The van der Waals surface area contributed by atoms with Gasteiger partial charge in [-0.05, 0) is 47.9 Å². The fraction of sp³-hybridized carbons (Fsp3) is 0.263. The molecule has 0 saturated carbocycles. The van der Waals surface area contributed by atoms with E-state index in [0.29, 0.717) is 11.6 Å². The Morgan fingerprint density at radius 1 is 1.00 bits per heavy atom. The van der Waals surface area contributed by atoms with Crippen molar-refractivity contribution in [3.05, 3.63) is 59.7 Å². The Labute approximate surface area is 153 Å². The third kappa shape index (κ3) is 5.42. The summed E-state index contributed by atoms with van der Waals surface area (Å²) in [5.41, 5.74) is 1.95. The first-order valence-corrected chi connectivity index (χ1v) is 9.93. The van der Waals surface area contributed by atoms with Crippen LogP contribution in [0.25, 0.3) is 0 Å². The van der Waals surface area contributed by atoms with E-state index in [-0.39, 0.29) is 10.5 Å². The third-order valence-corrected chi connectivity index (χ3v) is 4.84. The van der Waals surface area contributed by atoms with E-state index in [9.17, 15) is 18.0 Å². The molecule has 1 amide bonds. The highest BCUT2D eigenvalue weighted by atomic mass is 32.2. The van der Waals surface area contributed by atoms with Gasteiger partial charge in [0.2, 0.25) is 0 Å². The number of benzene rings is 2. The van der Waals surface area contributed by atoms with Crippen LogP contribution in [0, 0.1) is 0 Å². The van der Waals surface area contributed by atoms with E-state index in [4.69, 9.17) is 4.74 Å². The van der Waals surface area contributed by atoms with E-state index < -0.39 is 28.3 Å². The maximum absolute atomic E-state index is 11.9. The van der Waals surface area contributed by atoms with Gasteiger partial charge >= 0.3 is 5.97 Å². The van der Waals surface area contributed by atoms with Crippen molar-refractivity contribution in [1.82, 2.24) is 0 Å². The lowest BCUT2D eigenvalue weighted by molar-refractivity contribution is -0.119. The first-order valence-electron chi connectivity index (χ1n) is 8.04. The molecule has 26 heavy (non-hydrogen) atoms. The van der Waals surface area contributed by atoms with Crippen molar-refractivity contribution in [2.24, 2.45) is 0 Å². The molecule has 0 atom stereocenters. The lowest BCUT2D eigenvalue weighted by Gasteiger charge is -2.09. The number of anilines is 1. The number of carbonyl (C=O) groups is 2. The van der Waals surface area contributed by atoms with Gasteiger partial charge in [0.1, 0.15) is 0 Å². The lowest BCUT2D eigenvalue weighted by atomic mass is 10.0. The summed E-state index contributed by atoms with van der Waals surface area (Å²) in [5, 5.41) is 2.65. The van der Waals surface area contributed by atoms with Gasteiger partial charge in [0, 0.05) is 11.9 Å². The van der Waals surface area contributed by atoms with Gasteiger partial charge in [0.15, 0.2) is 16.4 Å². The Bertz CT molecular complexity index is 885. The van der Waals surface area contributed by atoms with Crippen molar-refractivity contribution in [3.63, 3.8) is 0 Å². The highest BCUT2D eigenvalue weighted by Gasteiger charge is 2.13. The molecule has 0 spiro atoms. The summed E-state index contributed by atoms with van der Waals surface area (Å²) >= 11 is 0. The molecule has 0 saturated heterocycles. The van der Waals surface area contributed by atoms with Crippen LogP contribution in [0.15, 0.2) is 53.4 Å². The Morgan fingerprint density at radius 3 is 2.08 bits per heavy atom. The number of hydrogen-bond acceptors (Lipinski definition) is 5. The van der Waals surface area contributed by atoms with Crippen LogP contribution in [0.3, 0.4) is 0 Å². The van der Waals surface area contributed by atoms with E-state index in [1.54, 1.807) is 12.1 Å². The van der Waals surface area contributed by atoms with Crippen molar-refractivity contribution in [3.8, 4) is 0 Å². The second-order valence-electron chi connectivity index (χ2n) is 6.20. The summed E-state index contributed by atoms with van der Waals surface area (Å²) in [6.45, 7) is 3.73. The first-order chi connectivity index (χ1) is 12.2. The molecule has 2 aromatic carbocycles. The zero-order valence-corrected chi connectivity index (χ0v) is 15.7. The van der Waals surface area contributed by atoms with Crippen LogP contribution in [0.4, 0.5) is 5.69 Å². The molecule has 2 aromatic rings. The first kappa shape index (κ1) is 19.7. The zero-order chi connectivity index (χ0) is 19.3. The van der Waals surface area contributed by atoms with Crippen LogP contribution in [-0.2, 0) is 19.4 Å². The third-order valence-electron chi connectivity index (χ3n) is 3.71. The monoisotopic (exact) mass is 375 g/mol. The standard InChI is InChI=1S/C19H21NO5S/c1-13(2)14-4-8-16(9-5-14)20-18(21)12-25-19(22)15-6-10-17(11-7-15)26(3,23)24/h4-11,13H,12H2,1-3H3,(H,20,21). The van der Waals surface area contributed by atoms with Crippen LogP contribution < -0.4 is 5.32 Å². The fourth-order valence-electron chi connectivity index (χ4n) is 2.20. The molecule has 7 heteroatoms. The average Bonchev–Trinajstić information content (AvgIpc) is 2.59. The number of sulfone groups is 1. The molecule has 2 rings (SSSR count). The molecule has 0 aliphatic carbocycles. The largest absolute Gasteiger partial charge is 0.452 e. The number of rotatable bonds is 6. The maximum atomic E-state index is 11.9. The summed E-state index contributed by atoms with van der Waals surface area (Å²) in [5.74, 6) is -0.756. The minimum atomic E-state index is -3.33. The van der Waals surface area contributed by atoms with Crippen molar-refractivity contribution < 1.29 is 22.7 Å². The molecule has 0 heterocycles. The fourth-order valence-corrected chi connectivity index (χ4v) is 2.83. The molecule has 1 N–H and O–H groups in total. The van der Waals surface area contributed by atoms with Gasteiger partial charge in [-0.1, -0.05) is 26.0 Å². The number of hydrogen-bond donors (Lipinski definition) is 1. The van der Waals surface area contributed by atoms with Crippen LogP contribution in [0.5, 0.6) is 0 Å². The Hall–Kier alpha value is -2.67. The van der Waals surface area contributed by atoms with Gasteiger partial charge in [-0.25, -0.2) is 13.2 Å². The van der Waals surface area contributed by atoms with Crippen LogP contribution in [0.1, 0.15) is 35.7 Å². The molecule has 138 valence electrons. The smallest absolute Gasteiger partial charge is 0.338 e. The van der Waals surface area contributed by atoms with E-state index in [1.807, 2.05) is 12.1 Å². The molecule has 0 radical (unpaired) electrons. The summed E-state index contributed by atoms with van der Waals surface area (Å²) in [7, 11) is -3.33. The summed E-state index contributed by atoms with van der Waals surface area (Å²) in [4.78, 5) is 23.9. The van der Waals surface area contributed by atoms with Crippen LogP contribution in [0.2, 0.25) is 0 Å². The summed E-state index contributed by atoms with van der Waals surface area (Å²) in [6, 6.07) is 12.8. The molecular formula is C19H21NO5S. The van der Waals surface area contributed by atoms with Gasteiger partial charge in [-0.2, -0.15) is 0 Å². The predicted molar refractivity (Wildman–Crippen MR) is 99.0 cm³/mol. The number of carbonyl (C=O) groups excluding carboxylic acids is 2. The summed E-state index contributed by atoms with van der Waals surface area (Å²) in [6.07, 6.45) is 1.08. The van der Waals surface area contributed by atoms with Gasteiger partial charge < -0.3 is 10.1 Å². The molecule has 0 aromatic heterocycles. The Kier molecular flexibility index (Phi) is 6.15. The van der Waals surface area contributed by atoms with Gasteiger partial charge in [-0.3, -0.25) is 4.79 Å². The van der Waals surface area contributed by atoms with E-state index in [1.165, 1.54) is 24.3 Å². The van der Waals surface area contributed by atoms with Gasteiger partial charge in [-0.15, -0.1) is 0 Å². The van der Waals surface area contributed by atoms with Crippen LogP contribution >= 0.6 is 0 Å². The predicted octanol–water partition coefficient (Wildman–Crippen LogP) is 3.01. The molecule has 0 fully saturated rings. The number of nitrogens with one attached hydrogen (secondary N) is 1. The normalized spacial score (nSPS) is 11.2. The quantitative estimate of drug-likeness (QED) is 0.784. The second kappa shape index (κ2) is 8.14. The number of amides is 1. The molecule has 0 unspecified atom stereocenters. The topological polar surface area (TPSA) is 89.5 Å². The van der Waals surface area contributed by atoms with Crippen molar-refractivity contribution in [1.29, 1.82) is 0 Å². The minimum absolute atomic E-state index is 0.108. The molecular weight excluding hydrogens is 354 g/mol. The molecule has 0 aliphatic rings. The zero-order valence-electron chi connectivity index (χ0n) is 14.9. The van der Waals surface area contributed by atoms with Crippen molar-refractivity contribution in [2.45, 2.75) is 24.7 Å². The van der Waals surface area contributed by atoms with E-state index in [2.05, 4.69) is 19.2 Å². The lowest BCUT2D eigenvalue weighted by Crippen LogP contribution is -2.21. The number of ether oxygens (including phenoxy) is 1. The maximum Gasteiger partial charge on any atom is 0.338 e. The molecule has 6 nitrogen and oxygen atoms in total. The van der Waals surface area contributed by atoms with E-state index in [0.717, 1.165) is 11.8 Å². The highest BCUT2D eigenvalue weighted by Crippen LogP contribution is 2.17. The van der Waals surface area contributed by atoms with Crippen LogP contribution in [-0.4, -0.2) is 33.2 Å². The van der Waals surface area contributed by atoms with Crippen molar-refractivity contribution in [2.75, 3.05) is 18.2 Å². The minimum Gasteiger partial charge on any atom is -0.452 e. The second-order valence-corrected chi connectivity index (χ2v) is 8.21. The van der Waals surface area contributed by atoms with Gasteiger partial charge in [0.25, 0.3) is 5.91 Å². The molecule has 0 bridgehead atoms. The Balaban J connectivity index is 1.89. The Morgan fingerprint density at radius 2 is 1.58 bits per heavy atom. The number of esters is 1. The summed E-state index contributed by atoms with van der Waals surface area (Å²) < 4.78 is 27.7. The van der Waals surface area contributed by atoms with E-state index >= 15 is 0 Å². The van der Waals surface area contributed by atoms with Crippen molar-refractivity contribution >= 4 is 27.4 Å². The molecule has 0 aliphatic heterocycles. The highest BCUT2D eigenvalue weighted by molar-refractivity contribution is 7.90. The van der Waals surface area contributed by atoms with Gasteiger partial charge in [0.05, 0.1) is 10.5 Å². The SMILES string of the molecule is CC(C)c1ccc(NC(=O)COC(=O)c2ccc(S(C)(=O)=O)cc2)cc1.